The van der Waals surface area contributed by atoms with E-state index in [-0.39, 0.29) is 5.91 Å². The third kappa shape index (κ3) is 8.50. The summed E-state index contributed by atoms with van der Waals surface area (Å²) >= 11 is 0. The second-order valence-corrected chi connectivity index (χ2v) is 10.5. The van der Waals surface area contributed by atoms with Crippen molar-refractivity contribution in [2.75, 3.05) is 44.6 Å². The SMILES string of the molecule is CCN(CC)CCCCN(CC)CCCCCC(=O)Nc1nc2ccccc2c2c1ncn2CC(C)C. The number of hydrogen-bond acceptors (Lipinski definition) is 5. The third-order valence-corrected chi connectivity index (χ3v) is 7.19. The molecule has 0 radical (unpaired) electrons. The number of amides is 1. The number of para-hydroxylation sites is 1. The summed E-state index contributed by atoms with van der Waals surface area (Å²) in [7, 11) is 0. The van der Waals surface area contributed by atoms with Crippen LogP contribution < -0.4 is 5.32 Å². The Bertz CT molecular complexity index is 1100. The number of anilines is 1. The molecule has 0 unspecified atom stereocenters. The summed E-state index contributed by atoms with van der Waals surface area (Å²) in [5.41, 5.74) is 2.70. The second kappa shape index (κ2) is 15.0. The number of carbonyl (C=O) groups excluding carboxylic acids is 1. The lowest BCUT2D eigenvalue weighted by atomic mass is 10.1. The van der Waals surface area contributed by atoms with Crippen molar-refractivity contribution in [1.29, 1.82) is 0 Å². The van der Waals surface area contributed by atoms with Gasteiger partial charge in [-0.25, -0.2) is 9.97 Å². The maximum Gasteiger partial charge on any atom is 0.225 e. The quantitative estimate of drug-likeness (QED) is 0.220. The Morgan fingerprint density at radius 1 is 0.919 bits per heavy atom. The fourth-order valence-corrected chi connectivity index (χ4v) is 5.03. The minimum absolute atomic E-state index is 0.0197. The molecule has 204 valence electrons. The van der Waals surface area contributed by atoms with Gasteiger partial charge in [0.25, 0.3) is 0 Å². The van der Waals surface area contributed by atoms with Crippen molar-refractivity contribution >= 4 is 33.7 Å². The van der Waals surface area contributed by atoms with Gasteiger partial charge in [0.05, 0.1) is 17.4 Å². The molecule has 0 atom stereocenters. The van der Waals surface area contributed by atoms with Crippen LogP contribution in [0.2, 0.25) is 0 Å². The minimum Gasteiger partial charge on any atom is -0.330 e. The Balaban J connectivity index is 1.47. The number of imidazole rings is 1. The van der Waals surface area contributed by atoms with E-state index in [2.05, 4.69) is 65.4 Å². The van der Waals surface area contributed by atoms with E-state index in [1.54, 1.807) is 0 Å². The number of pyridine rings is 1. The first-order valence-corrected chi connectivity index (χ1v) is 14.4. The van der Waals surface area contributed by atoms with E-state index in [1.807, 2.05) is 24.5 Å². The van der Waals surface area contributed by atoms with Gasteiger partial charge in [0, 0.05) is 18.4 Å². The van der Waals surface area contributed by atoms with Gasteiger partial charge in [-0.05, 0) is 76.9 Å². The third-order valence-electron chi connectivity index (χ3n) is 7.19. The van der Waals surface area contributed by atoms with Crippen LogP contribution in [-0.2, 0) is 11.3 Å². The molecule has 0 fully saturated rings. The smallest absolute Gasteiger partial charge is 0.225 e. The molecule has 7 nitrogen and oxygen atoms in total. The second-order valence-electron chi connectivity index (χ2n) is 10.5. The first kappa shape index (κ1) is 29.1. The van der Waals surface area contributed by atoms with Gasteiger partial charge in [-0.15, -0.1) is 0 Å². The van der Waals surface area contributed by atoms with Crippen LogP contribution >= 0.6 is 0 Å². The van der Waals surface area contributed by atoms with Crippen molar-refractivity contribution in [3.05, 3.63) is 30.6 Å². The molecule has 3 aromatic rings. The van der Waals surface area contributed by atoms with Gasteiger partial charge in [-0.2, -0.15) is 0 Å². The highest BCUT2D eigenvalue weighted by Crippen LogP contribution is 2.29. The van der Waals surface area contributed by atoms with Crippen LogP contribution in [0.15, 0.2) is 30.6 Å². The molecule has 2 heterocycles. The fourth-order valence-electron chi connectivity index (χ4n) is 5.03. The molecule has 37 heavy (non-hydrogen) atoms. The molecule has 1 N–H and O–H groups in total. The highest BCUT2D eigenvalue weighted by Gasteiger charge is 2.16. The van der Waals surface area contributed by atoms with Crippen LogP contribution in [0.1, 0.15) is 73.1 Å². The Morgan fingerprint density at radius 3 is 2.24 bits per heavy atom. The van der Waals surface area contributed by atoms with Crippen LogP contribution in [0.25, 0.3) is 21.9 Å². The number of rotatable bonds is 17. The number of unbranched alkanes of at least 4 members (excludes halogenated alkanes) is 3. The van der Waals surface area contributed by atoms with Gasteiger partial charge in [-0.1, -0.05) is 59.2 Å². The van der Waals surface area contributed by atoms with Gasteiger partial charge in [-0.3, -0.25) is 4.79 Å². The van der Waals surface area contributed by atoms with E-state index in [0.717, 1.165) is 73.9 Å². The minimum atomic E-state index is 0.0197. The molecule has 0 spiro atoms. The predicted molar refractivity (Wildman–Crippen MR) is 156 cm³/mol. The fraction of sp³-hybridized carbons (Fsp3) is 0.633. The maximum atomic E-state index is 12.8. The molecule has 1 aromatic carbocycles. The lowest BCUT2D eigenvalue weighted by Gasteiger charge is -2.22. The van der Waals surface area contributed by atoms with Crippen LogP contribution in [0.5, 0.6) is 0 Å². The molecule has 1 amide bonds. The summed E-state index contributed by atoms with van der Waals surface area (Å²) < 4.78 is 2.18. The monoisotopic (exact) mass is 508 g/mol. The van der Waals surface area contributed by atoms with Gasteiger partial charge in [0.2, 0.25) is 5.91 Å². The van der Waals surface area contributed by atoms with E-state index in [0.29, 0.717) is 18.2 Å². The van der Waals surface area contributed by atoms with Crippen molar-refractivity contribution in [3.63, 3.8) is 0 Å². The number of aromatic nitrogens is 3. The van der Waals surface area contributed by atoms with Crippen LogP contribution in [0.3, 0.4) is 0 Å². The molecule has 0 aliphatic heterocycles. The average molecular weight is 509 g/mol. The number of carbonyl (C=O) groups is 1. The maximum absolute atomic E-state index is 12.8. The Labute approximate surface area is 223 Å². The van der Waals surface area contributed by atoms with Crippen molar-refractivity contribution in [2.24, 2.45) is 5.92 Å². The molecule has 0 saturated carbocycles. The van der Waals surface area contributed by atoms with Crippen LogP contribution in [0.4, 0.5) is 5.82 Å². The zero-order chi connectivity index (χ0) is 26.6. The largest absolute Gasteiger partial charge is 0.330 e. The Hall–Kier alpha value is -2.51. The zero-order valence-corrected chi connectivity index (χ0v) is 23.8. The van der Waals surface area contributed by atoms with E-state index >= 15 is 0 Å². The molecule has 0 bridgehead atoms. The number of nitrogens with one attached hydrogen (secondary N) is 1. The highest BCUT2D eigenvalue weighted by atomic mass is 16.1. The molecule has 0 saturated heterocycles. The number of hydrogen-bond donors (Lipinski definition) is 1. The summed E-state index contributed by atoms with van der Waals surface area (Å²) in [4.78, 5) is 27.2. The van der Waals surface area contributed by atoms with Gasteiger partial charge in [0.15, 0.2) is 5.82 Å². The molecule has 7 heteroatoms. The predicted octanol–water partition coefficient (Wildman–Crippen LogP) is 6.18. The standard InChI is InChI=1S/C30H48N6O/c1-6-34(7-2)19-14-15-21-35(8-3)20-13-9-10-18-27(37)33-30-28-29(36(23-31-28)22-24(4)5)25-16-11-12-17-26(25)32-30/h11-12,16-17,23-24H,6-10,13-15,18-22H2,1-5H3,(H,32,33,37). The summed E-state index contributed by atoms with van der Waals surface area (Å²) in [6.07, 6.45) is 8.00. The van der Waals surface area contributed by atoms with E-state index in [4.69, 9.17) is 4.98 Å². The number of nitrogens with zero attached hydrogens (tertiary/aromatic N) is 5. The Kier molecular flexibility index (Phi) is 11.8. The number of fused-ring (bicyclic) bond motifs is 3. The molecule has 0 aliphatic rings. The van der Waals surface area contributed by atoms with Crippen LogP contribution in [0, 0.1) is 5.92 Å². The van der Waals surface area contributed by atoms with E-state index < -0.39 is 0 Å². The highest BCUT2D eigenvalue weighted by molar-refractivity contribution is 6.09. The molecule has 0 aliphatic carbocycles. The molecule has 2 aromatic heterocycles. The van der Waals surface area contributed by atoms with Crippen molar-refractivity contribution in [1.82, 2.24) is 24.3 Å². The van der Waals surface area contributed by atoms with Gasteiger partial charge >= 0.3 is 0 Å². The van der Waals surface area contributed by atoms with Crippen molar-refractivity contribution in [2.45, 2.75) is 79.7 Å². The summed E-state index contributed by atoms with van der Waals surface area (Å²) in [6.45, 7) is 18.9. The summed E-state index contributed by atoms with van der Waals surface area (Å²) in [5, 5.41) is 4.14. The first-order valence-electron chi connectivity index (χ1n) is 14.4. The molecular weight excluding hydrogens is 460 g/mol. The molecule has 3 rings (SSSR count). The topological polar surface area (TPSA) is 66.3 Å². The Morgan fingerprint density at radius 2 is 1.57 bits per heavy atom. The van der Waals surface area contributed by atoms with Crippen molar-refractivity contribution in [3.8, 4) is 0 Å². The molecular formula is C30H48N6O. The van der Waals surface area contributed by atoms with Crippen molar-refractivity contribution < 1.29 is 4.79 Å². The number of benzene rings is 1. The zero-order valence-electron chi connectivity index (χ0n) is 23.8. The summed E-state index contributed by atoms with van der Waals surface area (Å²) in [5.74, 6) is 1.09. The lowest BCUT2D eigenvalue weighted by Crippen LogP contribution is -2.28. The van der Waals surface area contributed by atoms with E-state index in [1.165, 1.54) is 25.9 Å². The van der Waals surface area contributed by atoms with Gasteiger partial charge < -0.3 is 19.7 Å². The normalized spacial score (nSPS) is 12.0. The van der Waals surface area contributed by atoms with Crippen LogP contribution in [-0.4, -0.2) is 69.5 Å². The first-order chi connectivity index (χ1) is 18.0. The average Bonchev–Trinajstić information content (AvgIpc) is 3.31. The van der Waals surface area contributed by atoms with E-state index in [9.17, 15) is 4.79 Å². The lowest BCUT2D eigenvalue weighted by molar-refractivity contribution is -0.116. The van der Waals surface area contributed by atoms with Gasteiger partial charge in [0.1, 0.15) is 5.52 Å². The summed E-state index contributed by atoms with van der Waals surface area (Å²) in [6, 6.07) is 8.10.